The molecule has 0 atom stereocenters. The molecule has 0 aliphatic carbocycles. The molecule has 3 rings (SSSR count). The Morgan fingerprint density at radius 2 is 2.04 bits per heavy atom. The first kappa shape index (κ1) is 17.9. The fourth-order valence-corrected chi connectivity index (χ4v) is 4.62. The zero-order chi connectivity index (χ0) is 18.0. The Kier molecular flexibility index (Phi) is 5.12. The number of ether oxygens (including phenoxy) is 1. The highest BCUT2D eigenvalue weighted by Crippen LogP contribution is 2.24. The minimum absolute atomic E-state index is 0.0589. The summed E-state index contributed by atoms with van der Waals surface area (Å²) in [5, 5.41) is 4.47. The molecule has 0 bridgehead atoms. The van der Waals surface area contributed by atoms with Crippen LogP contribution in [0.3, 0.4) is 0 Å². The van der Waals surface area contributed by atoms with E-state index in [4.69, 9.17) is 16.3 Å². The van der Waals surface area contributed by atoms with Gasteiger partial charge in [-0.2, -0.15) is 9.40 Å². The van der Waals surface area contributed by atoms with Crippen molar-refractivity contribution in [2.24, 2.45) is 0 Å². The van der Waals surface area contributed by atoms with E-state index in [9.17, 15) is 13.2 Å². The maximum atomic E-state index is 12.8. The normalized spacial score (nSPS) is 15.4. The molecular weight excluding hydrogens is 366 g/mol. The molecule has 9 heteroatoms. The van der Waals surface area contributed by atoms with E-state index in [0.29, 0.717) is 24.7 Å². The molecule has 1 aliphatic heterocycles. The first-order chi connectivity index (χ1) is 11.9. The predicted octanol–water partition coefficient (Wildman–Crippen LogP) is 2.16. The average molecular weight is 384 g/mol. The van der Waals surface area contributed by atoms with Gasteiger partial charge in [-0.05, 0) is 30.5 Å². The van der Waals surface area contributed by atoms with E-state index in [1.54, 1.807) is 18.2 Å². The molecule has 1 fully saturated rings. The minimum Gasteiger partial charge on any atom is -0.465 e. The van der Waals surface area contributed by atoms with Crippen LogP contribution in [0.4, 0.5) is 0 Å². The van der Waals surface area contributed by atoms with E-state index in [1.807, 2.05) is 6.07 Å². The lowest BCUT2D eigenvalue weighted by molar-refractivity contribution is 0.0596. The number of hydrogen-bond donors (Lipinski definition) is 0. The number of methoxy groups -OCH3 is 1. The monoisotopic (exact) mass is 383 g/mol. The molecule has 0 spiro atoms. The zero-order valence-electron chi connectivity index (χ0n) is 13.7. The molecule has 0 amide bonds. The molecular formula is C16H18ClN3O4S. The maximum absolute atomic E-state index is 12.8. The average Bonchev–Trinajstić information content (AvgIpc) is 3.24. The van der Waals surface area contributed by atoms with Crippen LogP contribution in [0, 0.1) is 0 Å². The Hall–Kier alpha value is -1.90. The smallest absolute Gasteiger partial charge is 0.342 e. The summed E-state index contributed by atoms with van der Waals surface area (Å²) >= 11 is 5.97. The van der Waals surface area contributed by atoms with Crippen LogP contribution in [0.15, 0.2) is 35.5 Å². The largest absolute Gasteiger partial charge is 0.465 e. The van der Waals surface area contributed by atoms with Crippen molar-refractivity contribution >= 4 is 27.6 Å². The van der Waals surface area contributed by atoms with E-state index in [-0.39, 0.29) is 10.6 Å². The summed E-state index contributed by atoms with van der Waals surface area (Å²) in [7, 11) is -2.62. The van der Waals surface area contributed by atoms with Gasteiger partial charge in [-0.3, -0.25) is 4.68 Å². The Morgan fingerprint density at radius 1 is 1.32 bits per heavy atom. The topological polar surface area (TPSA) is 81.5 Å². The van der Waals surface area contributed by atoms with Crippen LogP contribution in [0.25, 0.3) is 0 Å². The van der Waals surface area contributed by atoms with Crippen LogP contribution >= 0.6 is 11.6 Å². The lowest BCUT2D eigenvalue weighted by Crippen LogP contribution is -2.29. The fourth-order valence-electron chi connectivity index (χ4n) is 2.80. The highest BCUT2D eigenvalue weighted by Gasteiger charge is 2.34. The van der Waals surface area contributed by atoms with Crippen LogP contribution < -0.4 is 0 Å². The van der Waals surface area contributed by atoms with Gasteiger partial charge in [0.1, 0.15) is 5.56 Å². The van der Waals surface area contributed by atoms with Crippen molar-refractivity contribution in [3.63, 3.8) is 0 Å². The number of nitrogens with zero attached hydrogens (tertiary/aromatic N) is 3. The molecule has 0 radical (unpaired) electrons. The van der Waals surface area contributed by atoms with Crippen LogP contribution in [0.1, 0.15) is 28.8 Å². The number of benzene rings is 1. The Labute approximate surface area is 151 Å². The summed E-state index contributed by atoms with van der Waals surface area (Å²) in [4.78, 5) is 12.0. The molecule has 0 saturated carbocycles. The van der Waals surface area contributed by atoms with Gasteiger partial charge in [0.05, 0.1) is 13.7 Å². The molecule has 7 nitrogen and oxygen atoms in total. The first-order valence-electron chi connectivity index (χ1n) is 7.82. The summed E-state index contributed by atoms with van der Waals surface area (Å²) in [6, 6.07) is 7.15. The zero-order valence-corrected chi connectivity index (χ0v) is 15.3. The third-order valence-electron chi connectivity index (χ3n) is 4.02. The van der Waals surface area contributed by atoms with E-state index >= 15 is 0 Å². The second-order valence-corrected chi connectivity index (χ2v) is 8.07. The first-order valence-corrected chi connectivity index (χ1v) is 9.64. The van der Waals surface area contributed by atoms with Crippen LogP contribution in [0.2, 0.25) is 5.02 Å². The molecule has 2 aromatic rings. The van der Waals surface area contributed by atoms with Crippen molar-refractivity contribution in [1.29, 1.82) is 0 Å². The molecule has 1 saturated heterocycles. The number of halogens is 1. The minimum atomic E-state index is -3.83. The van der Waals surface area contributed by atoms with Crippen molar-refractivity contribution < 1.29 is 17.9 Å². The SMILES string of the molecule is COC(=O)c1cn(Cc2cccc(Cl)c2)nc1S(=O)(=O)N1CCCC1. The highest BCUT2D eigenvalue weighted by molar-refractivity contribution is 7.89. The Bertz CT molecular complexity index is 889. The molecule has 2 heterocycles. The summed E-state index contributed by atoms with van der Waals surface area (Å²) in [6.45, 7) is 1.16. The molecule has 0 unspecified atom stereocenters. The number of aromatic nitrogens is 2. The number of esters is 1. The fraction of sp³-hybridized carbons (Fsp3) is 0.375. The second kappa shape index (κ2) is 7.15. The van der Waals surface area contributed by atoms with Crippen LogP contribution in [-0.2, 0) is 21.3 Å². The highest BCUT2D eigenvalue weighted by atomic mass is 35.5. The molecule has 1 aromatic carbocycles. The van der Waals surface area contributed by atoms with Gasteiger partial charge >= 0.3 is 5.97 Å². The predicted molar refractivity (Wildman–Crippen MR) is 92.1 cm³/mol. The van der Waals surface area contributed by atoms with Gasteiger partial charge in [0.2, 0.25) is 5.03 Å². The van der Waals surface area contributed by atoms with E-state index in [0.717, 1.165) is 18.4 Å². The van der Waals surface area contributed by atoms with E-state index in [1.165, 1.54) is 22.3 Å². The number of rotatable bonds is 5. The summed E-state index contributed by atoms with van der Waals surface area (Å²) in [5.74, 6) is -0.727. The van der Waals surface area contributed by atoms with Crippen LogP contribution in [-0.4, -0.2) is 48.7 Å². The molecule has 134 valence electrons. The lowest BCUT2D eigenvalue weighted by atomic mass is 10.2. The summed E-state index contributed by atoms with van der Waals surface area (Å²) in [6.07, 6.45) is 3.00. The second-order valence-electron chi connectivity index (χ2n) is 5.78. The van der Waals surface area contributed by atoms with Crippen molar-refractivity contribution in [2.45, 2.75) is 24.4 Å². The van der Waals surface area contributed by atoms with Gasteiger partial charge in [0.25, 0.3) is 10.0 Å². The van der Waals surface area contributed by atoms with Gasteiger partial charge in [0.15, 0.2) is 0 Å². The standard InChI is InChI=1S/C16H18ClN3O4S/c1-24-16(21)14-11-19(10-12-5-4-6-13(17)9-12)18-15(14)25(22,23)20-7-2-3-8-20/h4-6,9,11H,2-3,7-8,10H2,1H3. The van der Waals surface area contributed by atoms with Crippen LogP contribution in [0.5, 0.6) is 0 Å². The maximum Gasteiger partial charge on any atom is 0.342 e. The van der Waals surface area contributed by atoms with Gasteiger partial charge in [0, 0.05) is 24.3 Å². The quantitative estimate of drug-likeness (QED) is 0.739. The number of hydrogen-bond acceptors (Lipinski definition) is 5. The molecule has 1 aromatic heterocycles. The Balaban J connectivity index is 1.99. The number of carbonyl (C=O) groups excluding carboxylic acids is 1. The molecule has 25 heavy (non-hydrogen) atoms. The van der Waals surface area contributed by atoms with Crippen molar-refractivity contribution in [3.8, 4) is 0 Å². The van der Waals surface area contributed by atoms with Gasteiger partial charge in [-0.1, -0.05) is 23.7 Å². The lowest BCUT2D eigenvalue weighted by Gasteiger charge is -2.14. The van der Waals surface area contributed by atoms with E-state index < -0.39 is 16.0 Å². The van der Waals surface area contributed by atoms with Gasteiger partial charge in [-0.25, -0.2) is 13.2 Å². The third kappa shape index (κ3) is 3.70. The van der Waals surface area contributed by atoms with Gasteiger partial charge in [-0.15, -0.1) is 0 Å². The molecule has 1 aliphatic rings. The van der Waals surface area contributed by atoms with Crippen molar-refractivity contribution in [2.75, 3.05) is 20.2 Å². The van der Waals surface area contributed by atoms with Gasteiger partial charge < -0.3 is 4.74 Å². The summed E-state index contributed by atoms with van der Waals surface area (Å²) < 4.78 is 33.1. The third-order valence-corrected chi connectivity index (χ3v) is 6.09. The van der Waals surface area contributed by atoms with E-state index in [2.05, 4.69) is 5.10 Å². The number of carbonyl (C=O) groups is 1. The van der Waals surface area contributed by atoms with Crippen molar-refractivity contribution in [3.05, 3.63) is 46.6 Å². The van der Waals surface area contributed by atoms with Crippen molar-refractivity contribution in [1.82, 2.24) is 14.1 Å². The molecule has 0 N–H and O–H groups in total. The number of sulfonamides is 1. The Morgan fingerprint density at radius 3 is 2.68 bits per heavy atom. The summed E-state index contributed by atoms with van der Waals surface area (Å²) in [5.41, 5.74) is 0.785.